The zero-order valence-electron chi connectivity index (χ0n) is 15.3. The van der Waals surface area contributed by atoms with Crippen molar-refractivity contribution >= 4 is 34.2 Å². The molecule has 0 radical (unpaired) electrons. The summed E-state index contributed by atoms with van der Waals surface area (Å²) in [5, 5.41) is 3.18. The highest BCUT2D eigenvalue weighted by Gasteiger charge is 2.30. The van der Waals surface area contributed by atoms with E-state index in [2.05, 4.69) is 27.9 Å². The first-order chi connectivity index (χ1) is 10.6. The van der Waals surface area contributed by atoms with Gasteiger partial charge in [0.15, 0.2) is 11.6 Å². The van der Waals surface area contributed by atoms with Gasteiger partial charge >= 0.3 is 0 Å². The molecular formula is C17H32INO4. The Morgan fingerprint density at radius 1 is 1.00 bits per heavy atom. The van der Waals surface area contributed by atoms with Crippen molar-refractivity contribution < 1.29 is 19.1 Å². The predicted molar refractivity (Wildman–Crippen MR) is 101 cm³/mol. The quantitative estimate of drug-likeness (QED) is 0.271. The van der Waals surface area contributed by atoms with Gasteiger partial charge in [-0.25, -0.2) is 0 Å². The van der Waals surface area contributed by atoms with Crippen LogP contribution in [0.1, 0.15) is 41.5 Å². The van der Waals surface area contributed by atoms with Gasteiger partial charge in [-0.15, -0.1) is 0 Å². The number of carbonyl (C=O) groups is 2. The molecule has 0 aliphatic heterocycles. The van der Waals surface area contributed by atoms with Crippen LogP contribution in [-0.2, 0) is 19.1 Å². The maximum absolute atomic E-state index is 12.0. The van der Waals surface area contributed by atoms with Crippen molar-refractivity contribution in [2.45, 2.75) is 47.1 Å². The van der Waals surface area contributed by atoms with E-state index in [4.69, 9.17) is 9.47 Å². The number of alkyl halides is 1. The van der Waals surface area contributed by atoms with E-state index in [0.29, 0.717) is 30.8 Å². The van der Waals surface area contributed by atoms with Crippen LogP contribution in [0.15, 0.2) is 0 Å². The summed E-state index contributed by atoms with van der Waals surface area (Å²) in [5.41, 5.74) is -0.878. The highest BCUT2D eigenvalue weighted by molar-refractivity contribution is 14.1. The minimum atomic E-state index is -0.518. The smallest absolute Gasteiger partial charge is 0.164 e. The summed E-state index contributed by atoms with van der Waals surface area (Å²) in [4.78, 5) is 23.7. The van der Waals surface area contributed by atoms with Crippen LogP contribution in [-0.4, -0.2) is 54.5 Å². The second kappa shape index (κ2) is 10.7. The van der Waals surface area contributed by atoms with Gasteiger partial charge in [0.1, 0.15) is 6.61 Å². The van der Waals surface area contributed by atoms with Crippen LogP contribution in [0.5, 0.6) is 0 Å². The van der Waals surface area contributed by atoms with E-state index in [1.165, 1.54) is 0 Å². The monoisotopic (exact) mass is 441 g/mol. The third-order valence-electron chi connectivity index (χ3n) is 4.40. The van der Waals surface area contributed by atoms with Crippen molar-refractivity contribution in [1.82, 2.24) is 5.32 Å². The Bertz CT molecular complexity index is 381. The van der Waals surface area contributed by atoms with Crippen LogP contribution in [0, 0.1) is 11.3 Å². The summed E-state index contributed by atoms with van der Waals surface area (Å²) < 4.78 is 11.3. The molecule has 0 aliphatic rings. The molecule has 0 saturated heterocycles. The lowest BCUT2D eigenvalue weighted by Gasteiger charge is -2.27. The zero-order chi connectivity index (χ0) is 18.1. The average molecular weight is 441 g/mol. The predicted octanol–water partition coefficient (Wildman–Crippen LogP) is 2.64. The maximum atomic E-state index is 12.0. The van der Waals surface area contributed by atoms with Crippen molar-refractivity contribution in [2.24, 2.45) is 11.3 Å². The fourth-order valence-corrected chi connectivity index (χ4v) is 2.55. The number of ketones is 2. The van der Waals surface area contributed by atoms with Gasteiger partial charge in [0.25, 0.3) is 0 Å². The minimum absolute atomic E-state index is 0.119. The van der Waals surface area contributed by atoms with Gasteiger partial charge < -0.3 is 14.8 Å². The number of rotatable bonds is 13. The summed E-state index contributed by atoms with van der Waals surface area (Å²) >= 11 is 2.07. The van der Waals surface area contributed by atoms with Crippen LogP contribution >= 0.6 is 22.6 Å². The van der Waals surface area contributed by atoms with E-state index < -0.39 is 5.54 Å². The molecule has 0 aromatic heterocycles. The maximum Gasteiger partial charge on any atom is 0.164 e. The number of nitrogens with one attached hydrogen (secondary N) is 1. The first-order valence-corrected chi connectivity index (χ1v) is 9.61. The fraction of sp³-hybridized carbons (Fsp3) is 0.882. The lowest BCUT2D eigenvalue weighted by molar-refractivity contribution is -0.134. The Kier molecular flexibility index (Phi) is 10.7. The van der Waals surface area contributed by atoms with Crippen LogP contribution < -0.4 is 5.32 Å². The third-order valence-corrected chi connectivity index (χ3v) is 5.09. The van der Waals surface area contributed by atoms with E-state index >= 15 is 0 Å². The summed E-state index contributed by atoms with van der Waals surface area (Å²) in [7, 11) is 0. The van der Waals surface area contributed by atoms with E-state index in [-0.39, 0.29) is 29.5 Å². The van der Waals surface area contributed by atoms with Gasteiger partial charge in [-0.2, -0.15) is 0 Å². The van der Waals surface area contributed by atoms with Gasteiger partial charge in [0, 0.05) is 12.0 Å². The molecule has 0 aliphatic carbocycles. The van der Waals surface area contributed by atoms with Crippen molar-refractivity contribution in [2.75, 3.05) is 37.4 Å². The molecule has 136 valence electrons. The standard InChI is InChI=1S/C17H32INO4/c1-13(2)16(3,4)15(21)12-23-10-9-22-8-7-19-17(5,6)14(20)11-18/h13,19H,7-12H2,1-6H3. The van der Waals surface area contributed by atoms with Crippen molar-refractivity contribution in [1.29, 1.82) is 0 Å². The molecule has 0 atom stereocenters. The van der Waals surface area contributed by atoms with E-state index in [9.17, 15) is 9.59 Å². The van der Waals surface area contributed by atoms with E-state index in [1.807, 2.05) is 41.5 Å². The Morgan fingerprint density at radius 3 is 2.09 bits per heavy atom. The molecule has 5 nitrogen and oxygen atoms in total. The highest BCUT2D eigenvalue weighted by Crippen LogP contribution is 2.27. The molecule has 0 unspecified atom stereocenters. The largest absolute Gasteiger partial charge is 0.378 e. The van der Waals surface area contributed by atoms with E-state index in [1.54, 1.807) is 0 Å². The SMILES string of the molecule is CC(C)C(C)(C)C(=O)COCCOCCNC(C)(C)C(=O)CI. The number of carbonyl (C=O) groups excluding carboxylic acids is 2. The summed E-state index contributed by atoms with van der Waals surface area (Å²) in [6, 6.07) is 0. The number of ether oxygens (including phenoxy) is 2. The Balaban J connectivity index is 3.72. The Morgan fingerprint density at radius 2 is 1.57 bits per heavy atom. The summed E-state index contributed by atoms with van der Waals surface area (Å²) in [6.07, 6.45) is 0. The molecule has 1 N–H and O–H groups in total. The van der Waals surface area contributed by atoms with Gasteiger partial charge in [-0.05, 0) is 19.8 Å². The molecular weight excluding hydrogens is 409 g/mol. The molecule has 0 aromatic rings. The van der Waals surface area contributed by atoms with Gasteiger partial charge in [0.05, 0.1) is 29.8 Å². The molecule has 0 fully saturated rings. The second-order valence-electron chi connectivity index (χ2n) is 7.07. The third kappa shape index (κ3) is 8.56. The summed E-state index contributed by atoms with van der Waals surface area (Å²) in [6.45, 7) is 13.8. The molecule has 0 bridgehead atoms. The van der Waals surface area contributed by atoms with Crippen molar-refractivity contribution in [3.63, 3.8) is 0 Å². The topological polar surface area (TPSA) is 64.6 Å². The molecule has 23 heavy (non-hydrogen) atoms. The zero-order valence-corrected chi connectivity index (χ0v) is 17.5. The first kappa shape index (κ1) is 22.9. The van der Waals surface area contributed by atoms with Crippen molar-refractivity contribution in [3.05, 3.63) is 0 Å². The van der Waals surface area contributed by atoms with E-state index in [0.717, 1.165) is 0 Å². The lowest BCUT2D eigenvalue weighted by atomic mass is 9.78. The number of halogens is 1. The van der Waals surface area contributed by atoms with Crippen LogP contribution in [0.25, 0.3) is 0 Å². The summed E-state index contributed by atoms with van der Waals surface area (Å²) in [5.74, 6) is 0.579. The second-order valence-corrected chi connectivity index (χ2v) is 7.84. The molecule has 0 saturated carbocycles. The van der Waals surface area contributed by atoms with Gasteiger partial charge in [-0.3, -0.25) is 9.59 Å². The normalized spacial score (nSPS) is 12.7. The first-order valence-electron chi connectivity index (χ1n) is 8.08. The average Bonchev–Trinajstić information content (AvgIpc) is 2.48. The number of hydrogen-bond acceptors (Lipinski definition) is 5. The van der Waals surface area contributed by atoms with Gasteiger partial charge in [-0.1, -0.05) is 50.3 Å². The highest BCUT2D eigenvalue weighted by atomic mass is 127. The lowest BCUT2D eigenvalue weighted by Crippen LogP contribution is -2.48. The van der Waals surface area contributed by atoms with Crippen LogP contribution in [0.3, 0.4) is 0 Å². The Hall–Kier alpha value is -0.0500. The molecule has 6 heteroatoms. The fourth-order valence-electron chi connectivity index (χ4n) is 1.59. The number of hydrogen-bond donors (Lipinski definition) is 1. The molecule has 0 aromatic carbocycles. The van der Waals surface area contributed by atoms with Crippen LogP contribution in [0.4, 0.5) is 0 Å². The molecule has 0 rings (SSSR count). The van der Waals surface area contributed by atoms with Crippen LogP contribution in [0.2, 0.25) is 0 Å². The van der Waals surface area contributed by atoms with Crippen molar-refractivity contribution in [3.8, 4) is 0 Å². The Labute approximate surface area is 154 Å². The number of Topliss-reactive ketones (excluding diaryl/α,β-unsaturated/α-hetero) is 2. The molecule has 0 heterocycles. The van der Waals surface area contributed by atoms with Gasteiger partial charge in [0.2, 0.25) is 0 Å². The molecule has 0 spiro atoms. The minimum Gasteiger partial charge on any atom is -0.378 e. The molecule has 0 amide bonds.